The molecule has 0 aliphatic rings. The summed E-state index contributed by atoms with van der Waals surface area (Å²) in [6, 6.07) is 13.8. The summed E-state index contributed by atoms with van der Waals surface area (Å²) < 4.78 is 5.28. The average Bonchev–Trinajstić information content (AvgIpc) is 2.51. The molecular weight excluding hydrogens is 262 g/mol. The van der Waals surface area contributed by atoms with Gasteiger partial charge in [0.1, 0.15) is 5.75 Å². The van der Waals surface area contributed by atoms with Crippen molar-refractivity contribution in [3.05, 3.63) is 54.2 Å². The number of anilines is 3. The summed E-state index contributed by atoms with van der Waals surface area (Å²) in [5, 5.41) is 4.42. The van der Waals surface area contributed by atoms with Gasteiger partial charge >= 0.3 is 0 Å². The Labute approximate surface area is 123 Å². The number of nitrogens with two attached hydrogens (primary N) is 1. The van der Waals surface area contributed by atoms with Gasteiger partial charge in [0.15, 0.2) is 0 Å². The van der Waals surface area contributed by atoms with E-state index in [1.54, 1.807) is 13.3 Å². The van der Waals surface area contributed by atoms with Crippen LogP contribution in [0, 0.1) is 6.92 Å². The molecular formula is C17H17N3O. The minimum absolute atomic E-state index is 0.682. The van der Waals surface area contributed by atoms with Crippen LogP contribution in [0.1, 0.15) is 5.56 Å². The van der Waals surface area contributed by atoms with Crippen LogP contribution in [0.3, 0.4) is 0 Å². The normalized spacial score (nSPS) is 10.6. The van der Waals surface area contributed by atoms with Crippen molar-refractivity contribution in [2.24, 2.45) is 0 Å². The Morgan fingerprint density at radius 1 is 1.14 bits per heavy atom. The fourth-order valence-corrected chi connectivity index (χ4v) is 2.42. The number of rotatable bonds is 3. The van der Waals surface area contributed by atoms with Crippen LogP contribution in [0.5, 0.6) is 5.75 Å². The van der Waals surface area contributed by atoms with Crippen LogP contribution in [-0.4, -0.2) is 12.1 Å². The first-order valence-corrected chi connectivity index (χ1v) is 6.74. The predicted molar refractivity (Wildman–Crippen MR) is 87.2 cm³/mol. The second kappa shape index (κ2) is 5.32. The molecule has 0 aliphatic heterocycles. The molecule has 1 heterocycles. The summed E-state index contributed by atoms with van der Waals surface area (Å²) in [4.78, 5) is 4.34. The minimum Gasteiger partial charge on any atom is -0.496 e. The number of methoxy groups -OCH3 is 1. The molecule has 2 aromatic carbocycles. The quantitative estimate of drug-likeness (QED) is 0.714. The maximum absolute atomic E-state index is 5.97. The lowest BCUT2D eigenvalue weighted by atomic mass is 10.1. The fraction of sp³-hybridized carbons (Fsp3) is 0.118. The standard InChI is InChI=1S/C17H17N3O/c1-11-10-12(5-8-16(11)21-2)20-15-7-6-14(18)17-13(15)4-3-9-19-17/h3-10,20H,18H2,1-2H3. The Morgan fingerprint density at radius 3 is 2.76 bits per heavy atom. The average molecular weight is 279 g/mol. The van der Waals surface area contributed by atoms with Gasteiger partial charge in [-0.2, -0.15) is 0 Å². The summed E-state index contributed by atoms with van der Waals surface area (Å²) in [5.74, 6) is 0.879. The lowest BCUT2D eigenvalue weighted by Crippen LogP contribution is -1.96. The molecule has 0 radical (unpaired) electrons. The lowest BCUT2D eigenvalue weighted by Gasteiger charge is -2.12. The van der Waals surface area contributed by atoms with Gasteiger partial charge in [-0.3, -0.25) is 4.98 Å². The second-order valence-electron chi connectivity index (χ2n) is 4.91. The highest BCUT2D eigenvalue weighted by Gasteiger charge is 2.06. The smallest absolute Gasteiger partial charge is 0.121 e. The molecule has 0 bridgehead atoms. The van der Waals surface area contributed by atoms with Gasteiger partial charge in [-0.25, -0.2) is 0 Å². The van der Waals surface area contributed by atoms with Gasteiger partial charge in [-0.05, 0) is 55.0 Å². The van der Waals surface area contributed by atoms with E-state index >= 15 is 0 Å². The topological polar surface area (TPSA) is 60.2 Å². The third-order valence-corrected chi connectivity index (χ3v) is 3.47. The number of aryl methyl sites for hydroxylation is 1. The number of aromatic nitrogens is 1. The Kier molecular flexibility index (Phi) is 3.36. The van der Waals surface area contributed by atoms with E-state index in [1.165, 1.54) is 0 Å². The zero-order valence-electron chi connectivity index (χ0n) is 12.1. The molecule has 3 aromatic rings. The second-order valence-corrected chi connectivity index (χ2v) is 4.91. The molecule has 0 unspecified atom stereocenters. The summed E-state index contributed by atoms with van der Waals surface area (Å²) >= 11 is 0. The number of ether oxygens (including phenoxy) is 1. The van der Waals surface area contributed by atoms with E-state index in [-0.39, 0.29) is 0 Å². The van der Waals surface area contributed by atoms with E-state index in [0.29, 0.717) is 5.69 Å². The largest absolute Gasteiger partial charge is 0.496 e. The van der Waals surface area contributed by atoms with Crippen molar-refractivity contribution >= 4 is 28.0 Å². The van der Waals surface area contributed by atoms with Crippen molar-refractivity contribution in [1.82, 2.24) is 4.98 Å². The van der Waals surface area contributed by atoms with Crippen LogP contribution < -0.4 is 15.8 Å². The molecule has 106 valence electrons. The monoisotopic (exact) mass is 279 g/mol. The Hall–Kier alpha value is -2.75. The molecule has 3 N–H and O–H groups in total. The van der Waals surface area contributed by atoms with Gasteiger partial charge in [0.05, 0.1) is 18.3 Å². The molecule has 21 heavy (non-hydrogen) atoms. The Balaban J connectivity index is 2.02. The van der Waals surface area contributed by atoms with Crippen LogP contribution in [-0.2, 0) is 0 Å². The van der Waals surface area contributed by atoms with E-state index in [9.17, 15) is 0 Å². The number of pyridine rings is 1. The van der Waals surface area contributed by atoms with Gasteiger partial charge in [0, 0.05) is 23.0 Å². The van der Waals surface area contributed by atoms with Crippen LogP contribution in [0.2, 0.25) is 0 Å². The molecule has 0 saturated heterocycles. The zero-order chi connectivity index (χ0) is 14.8. The van der Waals surface area contributed by atoms with Crippen LogP contribution >= 0.6 is 0 Å². The van der Waals surface area contributed by atoms with Gasteiger partial charge in [-0.15, -0.1) is 0 Å². The first-order chi connectivity index (χ1) is 10.2. The van der Waals surface area contributed by atoms with Crippen molar-refractivity contribution in [3.8, 4) is 5.75 Å². The number of hydrogen-bond donors (Lipinski definition) is 2. The van der Waals surface area contributed by atoms with E-state index in [0.717, 1.165) is 33.6 Å². The molecule has 4 heteroatoms. The lowest BCUT2D eigenvalue weighted by molar-refractivity contribution is 0.412. The zero-order valence-corrected chi connectivity index (χ0v) is 12.1. The molecule has 0 saturated carbocycles. The molecule has 1 aromatic heterocycles. The van der Waals surface area contributed by atoms with Crippen molar-refractivity contribution in [2.45, 2.75) is 6.92 Å². The number of nitrogen functional groups attached to an aromatic ring is 1. The van der Waals surface area contributed by atoms with Gasteiger partial charge < -0.3 is 15.8 Å². The molecule has 3 rings (SSSR count). The van der Waals surface area contributed by atoms with E-state index in [2.05, 4.69) is 16.4 Å². The van der Waals surface area contributed by atoms with E-state index in [1.807, 2.05) is 43.3 Å². The minimum atomic E-state index is 0.682. The van der Waals surface area contributed by atoms with E-state index < -0.39 is 0 Å². The maximum atomic E-state index is 5.97. The van der Waals surface area contributed by atoms with Crippen molar-refractivity contribution < 1.29 is 4.74 Å². The van der Waals surface area contributed by atoms with Crippen LogP contribution in [0.4, 0.5) is 17.1 Å². The number of hydrogen-bond acceptors (Lipinski definition) is 4. The predicted octanol–water partition coefficient (Wildman–Crippen LogP) is 3.88. The summed E-state index contributed by atoms with van der Waals surface area (Å²) in [6.45, 7) is 2.02. The number of nitrogens with one attached hydrogen (secondary N) is 1. The SMILES string of the molecule is COc1ccc(Nc2ccc(N)c3ncccc23)cc1C. The van der Waals surface area contributed by atoms with Crippen molar-refractivity contribution in [3.63, 3.8) is 0 Å². The Bertz CT molecular complexity index is 799. The molecule has 0 aliphatic carbocycles. The molecule has 0 spiro atoms. The Morgan fingerprint density at radius 2 is 2.00 bits per heavy atom. The number of fused-ring (bicyclic) bond motifs is 1. The first-order valence-electron chi connectivity index (χ1n) is 6.74. The number of nitrogens with zero attached hydrogens (tertiary/aromatic N) is 1. The fourth-order valence-electron chi connectivity index (χ4n) is 2.42. The highest BCUT2D eigenvalue weighted by Crippen LogP contribution is 2.30. The van der Waals surface area contributed by atoms with Crippen molar-refractivity contribution in [1.29, 1.82) is 0 Å². The van der Waals surface area contributed by atoms with Gasteiger partial charge in [0.25, 0.3) is 0 Å². The molecule has 4 nitrogen and oxygen atoms in total. The van der Waals surface area contributed by atoms with Gasteiger partial charge in [0.2, 0.25) is 0 Å². The molecule has 0 fully saturated rings. The van der Waals surface area contributed by atoms with Gasteiger partial charge in [-0.1, -0.05) is 0 Å². The summed E-state index contributed by atoms with van der Waals surface area (Å²) in [7, 11) is 1.68. The third-order valence-electron chi connectivity index (χ3n) is 3.47. The number of benzene rings is 2. The summed E-state index contributed by atoms with van der Waals surface area (Å²) in [6.07, 6.45) is 1.75. The molecule has 0 atom stereocenters. The van der Waals surface area contributed by atoms with Crippen molar-refractivity contribution in [2.75, 3.05) is 18.2 Å². The van der Waals surface area contributed by atoms with Crippen LogP contribution in [0.25, 0.3) is 10.9 Å². The van der Waals surface area contributed by atoms with E-state index in [4.69, 9.17) is 10.5 Å². The highest BCUT2D eigenvalue weighted by molar-refractivity contribution is 5.99. The highest BCUT2D eigenvalue weighted by atomic mass is 16.5. The van der Waals surface area contributed by atoms with Crippen LogP contribution in [0.15, 0.2) is 48.7 Å². The molecule has 0 amide bonds. The first kappa shape index (κ1) is 13.2. The maximum Gasteiger partial charge on any atom is 0.121 e. The third kappa shape index (κ3) is 2.48. The summed E-state index contributed by atoms with van der Waals surface area (Å²) in [5.41, 5.74) is 10.5.